The molecule has 2 aromatic rings. The Labute approximate surface area is 145 Å². The molecule has 1 aromatic carbocycles. The van der Waals surface area contributed by atoms with E-state index in [2.05, 4.69) is 14.9 Å². The zero-order chi connectivity index (χ0) is 17.2. The largest absolute Gasteiger partial charge is 0.376 e. The number of ether oxygens (including phenoxy) is 1. The summed E-state index contributed by atoms with van der Waals surface area (Å²) < 4.78 is 19.2. The van der Waals surface area contributed by atoms with Crippen molar-refractivity contribution in [2.45, 2.75) is 13.0 Å². The van der Waals surface area contributed by atoms with Crippen LogP contribution in [0.3, 0.4) is 0 Å². The van der Waals surface area contributed by atoms with Crippen LogP contribution in [0.15, 0.2) is 30.5 Å². The number of rotatable bonds is 2. The van der Waals surface area contributed by atoms with Gasteiger partial charge < -0.3 is 14.5 Å². The summed E-state index contributed by atoms with van der Waals surface area (Å²) in [6.07, 6.45) is 2.63. The van der Waals surface area contributed by atoms with Crippen molar-refractivity contribution in [1.82, 2.24) is 14.9 Å². The number of amides is 1. The zero-order valence-corrected chi connectivity index (χ0v) is 13.8. The third kappa shape index (κ3) is 3.19. The van der Waals surface area contributed by atoms with Gasteiger partial charge in [0.05, 0.1) is 24.5 Å². The van der Waals surface area contributed by atoms with E-state index in [0.717, 1.165) is 17.7 Å². The van der Waals surface area contributed by atoms with Gasteiger partial charge in [0.25, 0.3) is 5.91 Å². The number of benzene rings is 1. The van der Waals surface area contributed by atoms with Gasteiger partial charge in [-0.15, -0.1) is 0 Å². The number of hydrogen-bond donors (Lipinski definition) is 0. The Morgan fingerprint density at radius 3 is 2.76 bits per heavy atom. The standard InChI is InChI=1S/C18H19FN4O2/c19-15-4-2-1-3-14(15)17(24)22-6-8-23(9-7-22)18-20-11-13-12-25-10-5-16(13)21-18/h1-4,11H,5-10,12H2. The first kappa shape index (κ1) is 16.0. The molecule has 3 heterocycles. The molecule has 4 rings (SSSR count). The molecule has 130 valence electrons. The number of carbonyl (C=O) groups excluding carboxylic acids is 1. The van der Waals surface area contributed by atoms with Gasteiger partial charge >= 0.3 is 0 Å². The van der Waals surface area contributed by atoms with Crippen LogP contribution < -0.4 is 4.90 Å². The second-order valence-corrected chi connectivity index (χ2v) is 6.20. The molecule has 6 nitrogen and oxygen atoms in total. The topological polar surface area (TPSA) is 58.6 Å². The van der Waals surface area contributed by atoms with Crippen molar-refractivity contribution in [3.05, 3.63) is 53.1 Å². The highest BCUT2D eigenvalue weighted by molar-refractivity contribution is 5.94. The van der Waals surface area contributed by atoms with Gasteiger partial charge in [-0.05, 0) is 12.1 Å². The first-order valence-electron chi connectivity index (χ1n) is 8.43. The average Bonchev–Trinajstić information content (AvgIpc) is 2.67. The third-order valence-corrected chi connectivity index (χ3v) is 4.64. The van der Waals surface area contributed by atoms with E-state index in [1.807, 2.05) is 6.20 Å². The maximum Gasteiger partial charge on any atom is 0.256 e. The minimum Gasteiger partial charge on any atom is -0.376 e. The molecule has 0 radical (unpaired) electrons. The molecule has 0 unspecified atom stereocenters. The van der Waals surface area contributed by atoms with E-state index in [1.54, 1.807) is 17.0 Å². The SMILES string of the molecule is O=C(c1ccccc1F)N1CCN(c2ncc3c(n2)CCOC3)CC1. The second kappa shape index (κ2) is 6.76. The normalized spacial score (nSPS) is 17.3. The Balaban J connectivity index is 1.43. The number of fused-ring (bicyclic) bond motifs is 1. The van der Waals surface area contributed by atoms with Gasteiger partial charge in [-0.1, -0.05) is 12.1 Å². The number of hydrogen-bond acceptors (Lipinski definition) is 5. The lowest BCUT2D eigenvalue weighted by molar-refractivity contribution is 0.0741. The lowest BCUT2D eigenvalue weighted by Gasteiger charge is -2.35. The molecular formula is C18H19FN4O2. The van der Waals surface area contributed by atoms with E-state index in [-0.39, 0.29) is 11.5 Å². The van der Waals surface area contributed by atoms with Crippen LogP contribution in [0.1, 0.15) is 21.6 Å². The molecule has 0 saturated carbocycles. The highest BCUT2D eigenvalue weighted by Gasteiger charge is 2.25. The van der Waals surface area contributed by atoms with Crippen molar-refractivity contribution in [2.24, 2.45) is 0 Å². The summed E-state index contributed by atoms with van der Waals surface area (Å²) in [6, 6.07) is 6.10. The maximum atomic E-state index is 13.8. The maximum absolute atomic E-state index is 13.8. The highest BCUT2D eigenvalue weighted by Crippen LogP contribution is 2.19. The fraction of sp³-hybridized carbons (Fsp3) is 0.389. The molecule has 1 saturated heterocycles. The zero-order valence-electron chi connectivity index (χ0n) is 13.8. The van der Waals surface area contributed by atoms with Gasteiger partial charge in [0, 0.05) is 44.4 Å². The smallest absolute Gasteiger partial charge is 0.256 e. The molecular weight excluding hydrogens is 323 g/mol. The first-order valence-corrected chi connectivity index (χ1v) is 8.43. The summed E-state index contributed by atoms with van der Waals surface area (Å²) in [5, 5.41) is 0. The van der Waals surface area contributed by atoms with Crippen LogP contribution in [0.5, 0.6) is 0 Å². The summed E-state index contributed by atoms with van der Waals surface area (Å²) in [5.41, 5.74) is 2.21. The van der Waals surface area contributed by atoms with Gasteiger partial charge in [0.15, 0.2) is 0 Å². The summed E-state index contributed by atoms with van der Waals surface area (Å²) in [7, 11) is 0. The van der Waals surface area contributed by atoms with Crippen LogP contribution in [0.25, 0.3) is 0 Å². The quantitative estimate of drug-likeness (QED) is 0.831. The van der Waals surface area contributed by atoms with Gasteiger partial charge in [-0.25, -0.2) is 14.4 Å². The first-order chi connectivity index (χ1) is 12.2. The molecule has 0 N–H and O–H groups in total. The highest BCUT2D eigenvalue weighted by atomic mass is 19.1. The van der Waals surface area contributed by atoms with E-state index in [1.165, 1.54) is 12.1 Å². The lowest BCUT2D eigenvalue weighted by Crippen LogP contribution is -2.49. The van der Waals surface area contributed by atoms with Crippen molar-refractivity contribution < 1.29 is 13.9 Å². The van der Waals surface area contributed by atoms with Crippen molar-refractivity contribution in [1.29, 1.82) is 0 Å². The van der Waals surface area contributed by atoms with E-state index in [4.69, 9.17) is 4.74 Å². The Hall–Kier alpha value is -2.54. The summed E-state index contributed by atoms with van der Waals surface area (Å²) in [5.74, 6) is -0.0462. The second-order valence-electron chi connectivity index (χ2n) is 6.20. The number of nitrogens with zero attached hydrogens (tertiary/aromatic N) is 4. The summed E-state index contributed by atoms with van der Waals surface area (Å²) in [4.78, 5) is 25.3. The molecule has 2 aliphatic heterocycles. The summed E-state index contributed by atoms with van der Waals surface area (Å²) in [6.45, 7) is 3.58. The number of halogens is 1. The van der Waals surface area contributed by atoms with Crippen LogP contribution >= 0.6 is 0 Å². The minimum absolute atomic E-state index is 0.126. The molecule has 1 fully saturated rings. The van der Waals surface area contributed by atoms with Crippen LogP contribution in [-0.2, 0) is 17.8 Å². The molecule has 25 heavy (non-hydrogen) atoms. The number of carbonyl (C=O) groups is 1. The van der Waals surface area contributed by atoms with Crippen molar-refractivity contribution >= 4 is 11.9 Å². The van der Waals surface area contributed by atoms with Crippen LogP contribution in [-0.4, -0.2) is 53.6 Å². The van der Waals surface area contributed by atoms with Gasteiger partial charge in [-0.3, -0.25) is 4.79 Å². The number of piperazine rings is 1. The molecule has 0 aliphatic carbocycles. The van der Waals surface area contributed by atoms with Crippen LogP contribution in [0.4, 0.5) is 10.3 Å². The third-order valence-electron chi connectivity index (χ3n) is 4.64. The van der Waals surface area contributed by atoms with Crippen molar-refractivity contribution in [2.75, 3.05) is 37.7 Å². The van der Waals surface area contributed by atoms with Gasteiger partial charge in [0.1, 0.15) is 5.82 Å². The number of anilines is 1. The molecule has 7 heteroatoms. The predicted molar refractivity (Wildman–Crippen MR) is 89.9 cm³/mol. The van der Waals surface area contributed by atoms with Crippen LogP contribution in [0, 0.1) is 5.82 Å². The van der Waals surface area contributed by atoms with Crippen molar-refractivity contribution in [3.8, 4) is 0 Å². The monoisotopic (exact) mass is 342 g/mol. The molecule has 0 spiro atoms. The molecule has 0 atom stereocenters. The van der Waals surface area contributed by atoms with E-state index in [0.29, 0.717) is 45.3 Å². The lowest BCUT2D eigenvalue weighted by atomic mass is 10.1. The Morgan fingerprint density at radius 1 is 1.16 bits per heavy atom. The summed E-state index contributed by atoms with van der Waals surface area (Å²) >= 11 is 0. The average molecular weight is 342 g/mol. The van der Waals surface area contributed by atoms with Gasteiger partial charge in [-0.2, -0.15) is 0 Å². The molecule has 1 aromatic heterocycles. The predicted octanol–water partition coefficient (Wildman–Crippen LogP) is 1.65. The Kier molecular flexibility index (Phi) is 4.31. The minimum atomic E-state index is -0.477. The fourth-order valence-corrected chi connectivity index (χ4v) is 3.19. The van der Waals surface area contributed by atoms with E-state index in [9.17, 15) is 9.18 Å². The molecule has 0 bridgehead atoms. The molecule has 1 amide bonds. The van der Waals surface area contributed by atoms with Crippen molar-refractivity contribution in [3.63, 3.8) is 0 Å². The molecule has 2 aliphatic rings. The fourth-order valence-electron chi connectivity index (χ4n) is 3.19. The number of aromatic nitrogens is 2. The van der Waals surface area contributed by atoms with Gasteiger partial charge in [0.2, 0.25) is 5.95 Å². The van der Waals surface area contributed by atoms with E-state index < -0.39 is 5.82 Å². The van der Waals surface area contributed by atoms with Crippen LogP contribution in [0.2, 0.25) is 0 Å². The van der Waals surface area contributed by atoms with E-state index >= 15 is 0 Å². The Morgan fingerprint density at radius 2 is 1.96 bits per heavy atom. The Bertz CT molecular complexity index is 790.